The molecule has 0 spiro atoms. The molecule has 0 saturated carbocycles. The number of aliphatic hydroxyl groups excluding tert-OH is 1. The lowest BCUT2D eigenvalue weighted by Gasteiger charge is -2.24. The van der Waals surface area contributed by atoms with Crippen molar-refractivity contribution in [2.75, 3.05) is 11.5 Å². The first kappa shape index (κ1) is 10.9. The predicted octanol–water partition coefficient (Wildman–Crippen LogP) is 3.08. The van der Waals surface area contributed by atoms with Gasteiger partial charge in [0.15, 0.2) is 0 Å². The summed E-state index contributed by atoms with van der Waals surface area (Å²) in [6.07, 6.45) is 1.99. The van der Waals surface area contributed by atoms with Gasteiger partial charge in [-0.25, -0.2) is 4.98 Å². The van der Waals surface area contributed by atoms with Crippen LogP contribution in [0.5, 0.6) is 0 Å². The minimum atomic E-state index is -0.362. The Morgan fingerprint density at radius 3 is 3.07 bits per heavy atom. The van der Waals surface area contributed by atoms with Crippen LogP contribution in [0.3, 0.4) is 0 Å². The fraction of sp³-hybridized carbons (Fsp3) is 0.667. The second-order valence-electron chi connectivity index (χ2n) is 3.43. The van der Waals surface area contributed by atoms with Gasteiger partial charge in [-0.05, 0) is 40.3 Å². The van der Waals surface area contributed by atoms with Crippen molar-refractivity contribution in [2.45, 2.75) is 18.9 Å². The van der Waals surface area contributed by atoms with Gasteiger partial charge in [0, 0.05) is 11.3 Å². The van der Waals surface area contributed by atoms with Crippen LogP contribution >= 0.6 is 39.0 Å². The van der Waals surface area contributed by atoms with E-state index in [1.807, 2.05) is 17.1 Å². The Balaban J connectivity index is 2.03. The molecule has 2 nitrogen and oxygen atoms in total. The topological polar surface area (TPSA) is 33.1 Å². The van der Waals surface area contributed by atoms with Gasteiger partial charge in [0.25, 0.3) is 0 Å². The molecule has 1 aliphatic rings. The Bertz CT molecular complexity index is 299. The van der Waals surface area contributed by atoms with E-state index in [2.05, 4.69) is 20.9 Å². The molecule has 1 aromatic heterocycles. The highest BCUT2D eigenvalue weighted by Crippen LogP contribution is 2.34. The van der Waals surface area contributed by atoms with Crippen molar-refractivity contribution >= 4 is 39.0 Å². The maximum absolute atomic E-state index is 10.1. The van der Waals surface area contributed by atoms with Crippen molar-refractivity contribution < 1.29 is 5.11 Å². The minimum Gasteiger partial charge on any atom is -0.386 e. The molecule has 0 radical (unpaired) electrons. The molecule has 0 bridgehead atoms. The maximum Gasteiger partial charge on any atom is 0.123 e. The molecule has 1 saturated heterocycles. The smallest absolute Gasteiger partial charge is 0.123 e. The first-order chi connectivity index (χ1) is 6.77. The maximum atomic E-state index is 10.1. The van der Waals surface area contributed by atoms with Crippen LogP contribution in [0.2, 0.25) is 0 Å². The first-order valence-corrected chi connectivity index (χ1v) is 7.47. The monoisotopic (exact) mass is 293 g/mol. The van der Waals surface area contributed by atoms with E-state index in [0.29, 0.717) is 5.92 Å². The molecule has 14 heavy (non-hydrogen) atoms. The summed E-state index contributed by atoms with van der Waals surface area (Å²) in [4.78, 5) is 4.26. The van der Waals surface area contributed by atoms with Crippen molar-refractivity contribution in [3.8, 4) is 0 Å². The number of thioether (sulfide) groups is 1. The third kappa shape index (κ3) is 2.51. The molecule has 1 aliphatic heterocycles. The molecule has 2 unspecified atom stereocenters. The molecule has 2 heterocycles. The van der Waals surface area contributed by atoms with Gasteiger partial charge in [-0.3, -0.25) is 0 Å². The van der Waals surface area contributed by atoms with Crippen LogP contribution in [-0.2, 0) is 0 Å². The van der Waals surface area contributed by atoms with E-state index >= 15 is 0 Å². The van der Waals surface area contributed by atoms with Gasteiger partial charge in [0.1, 0.15) is 15.7 Å². The molecule has 1 N–H and O–H groups in total. The van der Waals surface area contributed by atoms with E-state index in [9.17, 15) is 5.11 Å². The number of halogens is 1. The van der Waals surface area contributed by atoms with E-state index in [4.69, 9.17) is 0 Å². The van der Waals surface area contributed by atoms with E-state index in [1.54, 1.807) is 0 Å². The van der Waals surface area contributed by atoms with E-state index in [1.165, 1.54) is 23.5 Å². The van der Waals surface area contributed by atoms with Crippen molar-refractivity contribution in [3.63, 3.8) is 0 Å². The van der Waals surface area contributed by atoms with Crippen LogP contribution in [0.1, 0.15) is 24.0 Å². The van der Waals surface area contributed by atoms with Crippen LogP contribution < -0.4 is 0 Å². The highest BCUT2D eigenvalue weighted by atomic mass is 79.9. The number of hydrogen-bond donors (Lipinski definition) is 1. The summed E-state index contributed by atoms with van der Waals surface area (Å²) >= 11 is 6.78. The van der Waals surface area contributed by atoms with Crippen molar-refractivity contribution in [1.82, 2.24) is 4.98 Å². The molecule has 1 aromatic rings. The van der Waals surface area contributed by atoms with Gasteiger partial charge in [-0.1, -0.05) is 0 Å². The van der Waals surface area contributed by atoms with Gasteiger partial charge in [0.2, 0.25) is 0 Å². The third-order valence-electron chi connectivity index (χ3n) is 2.39. The molecule has 78 valence electrons. The number of aromatic nitrogens is 1. The van der Waals surface area contributed by atoms with Crippen LogP contribution in [0.25, 0.3) is 0 Å². The van der Waals surface area contributed by atoms with Crippen LogP contribution in [0.15, 0.2) is 9.98 Å². The lowest BCUT2D eigenvalue weighted by Crippen LogP contribution is -2.18. The Hall–Kier alpha value is 0.420. The molecule has 0 amide bonds. The zero-order chi connectivity index (χ0) is 9.97. The normalized spacial score (nSPS) is 24.9. The van der Waals surface area contributed by atoms with Gasteiger partial charge in [-0.2, -0.15) is 11.8 Å². The largest absolute Gasteiger partial charge is 0.386 e. The van der Waals surface area contributed by atoms with E-state index in [-0.39, 0.29) is 6.10 Å². The predicted molar refractivity (Wildman–Crippen MR) is 64.8 cm³/mol. The number of aliphatic hydroxyl groups is 1. The Labute approximate surface area is 100 Å². The number of hydrogen-bond acceptors (Lipinski definition) is 4. The first-order valence-electron chi connectivity index (χ1n) is 4.64. The standard InChI is InChI=1S/C9H12BrNOS2/c10-7-5-14-9(11-7)8(12)6-2-1-3-13-4-6/h5-6,8,12H,1-4H2. The fourth-order valence-electron chi connectivity index (χ4n) is 1.62. The minimum absolute atomic E-state index is 0.362. The Kier molecular flexibility index (Phi) is 3.87. The molecule has 2 rings (SSSR count). The van der Waals surface area contributed by atoms with Gasteiger partial charge in [0.05, 0.1) is 0 Å². The third-order valence-corrected chi connectivity index (χ3v) is 5.25. The second-order valence-corrected chi connectivity index (χ2v) is 6.28. The molecule has 2 atom stereocenters. The average molecular weight is 294 g/mol. The fourth-order valence-corrected chi connectivity index (χ4v) is 4.15. The summed E-state index contributed by atoms with van der Waals surface area (Å²) in [5, 5.41) is 12.8. The summed E-state index contributed by atoms with van der Waals surface area (Å²) in [5.41, 5.74) is 0. The lowest BCUT2D eigenvalue weighted by atomic mass is 9.99. The number of nitrogens with zero attached hydrogens (tertiary/aromatic N) is 1. The van der Waals surface area contributed by atoms with Gasteiger partial charge in [-0.15, -0.1) is 11.3 Å². The van der Waals surface area contributed by atoms with Crippen LogP contribution in [0.4, 0.5) is 0 Å². The number of rotatable bonds is 2. The SMILES string of the molecule is OC(c1nc(Br)cs1)C1CCCSC1. The summed E-state index contributed by atoms with van der Waals surface area (Å²) in [5.74, 6) is 2.70. The second kappa shape index (κ2) is 4.96. The van der Waals surface area contributed by atoms with Crippen LogP contribution in [0, 0.1) is 5.92 Å². The van der Waals surface area contributed by atoms with Crippen LogP contribution in [-0.4, -0.2) is 21.6 Å². The van der Waals surface area contributed by atoms with Gasteiger partial charge < -0.3 is 5.11 Å². The van der Waals surface area contributed by atoms with Crippen molar-refractivity contribution in [3.05, 3.63) is 15.0 Å². The van der Waals surface area contributed by atoms with Gasteiger partial charge >= 0.3 is 0 Å². The molecule has 5 heteroatoms. The average Bonchev–Trinajstić information content (AvgIpc) is 2.65. The zero-order valence-electron chi connectivity index (χ0n) is 7.65. The highest BCUT2D eigenvalue weighted by molar-refractivity contribution is 9.10. The van der Waals surface area contributed by atoms with E-state index < -0.39 is 0 Å². The Morgan fingerprint density at radius 2 is 2.50 bits per heavy atom. The zero-order valence-corrected chi connectivity index (χ0v) is 10.9. The molecular weight excluding hydrogens is 282 g/mol. The molecule has 0 aromatic carbocycles. The molecule has 0 aliphatic carbocycles. The van der Waals surface area contributed by atoms with Crippen molar-refractivity contribution in [2.24, 2.45) is 5.92 Å². The summed E-state index contributed by atoms with van der Waals surface area (Å²) < 4.78 is 0.833. The quantitative estimate of drug-likeness (QED) is 0.910. The molecular formula is C9H12BrNOS2. The summed E-state index contributed by atoms with van der Waals surface area (Å²) in [6, 6.07) is 0. The summed E-state index contributed by atoms with van der Waals surface area (Å²) in [7, 11) is 0. The Morgan fingerprint density at radius 1 is 1.64 bits per heavy atom. The van der Waals surface area contributed by atoms with E-state index in [0.717, 1.165) is 21.8 Å². The van der Waals surface area contributed by atoms with Crippen molar-refractivity contribution in [1.29, 1.82) is 0 Å². The lowest BCUT2D eigenvalue weighted by molar-refractivity contribution is 0.113. The molecule has 1 fully saturated rings. The summed E-state index contributed by atoms with van der Waals surface area (Å²) in [6.45, 7) is 0. The highest BCUT2D eigenvalue weighted by Gasteiger charge is 2.25. The number of thiazole rings is 1.